The Bertz CT molecular complexity index is 1020. The van der Waals surface area contributed by atoms with Crippen molar-refractivity contribution in [2.45, 2.75) is 60.7 Å². The Morgan fingerprint density at radius 1 is 1.14 bits per heavy atom. The minimum absolute atomic E-state index is 0.332. The number of hydrogen-bond donors (Lipinski definition) is 1. The highest BCUT2D eigenvalue weighted by atomic mass is 31.1. The zero-order valence-electron chi connectivity index (χ0n) is 23.5. The number of aromatic nitrogens is 3. The van der Waals surface area contributed by atoms with Crippen LogP contribution in [0.3, 0.4) is 0 Å². The maximum atomic E-state index is 5.67. The maximum absolute atomic E-state index is 5.67. The first kappa shape index (κ1) is 30.2. The summed E-state index contributed by atoms with van der Waals surface area (Å²) >= 11 is 0. The van der Waals surface area contributed by atoms with Gasteiger partial charge in [0.15, 0.2) is 0 Å². The normalized spacial score (nSPS) is 12.0. The molecular weight excluding hydrogens is 469 g/mol. The molecule has 0 radical (unpaired) electrons. The number of rotatable bonds is 14. The van der Waals surface area contributed by atoms with E-state index in [1.54, 1.807) is 7.11 Å². The van der Waals surface area contributed by atoms with Gasteiger partial charge in [-0.15, -0.1) is 0 Å². The van der Waals surface area contributed by atoms with Gasteiger partial charge >= 0.3 is 0 Å². The minimum Gasteiger partial charge on any atom is -0.380 e. The summed E-state index contributed by atoms with van der Waals surface area (Å²) in [4.78, 5) is 12.1. The van der Waals surface area contributed by atoms with E-state index in [0.29, 0.717) is 19.3 Å². The summed E-state index contributed by atoms with van der Waals surface area (Å²) in [6.45, 7) is 19.5. The number of nitrogens with zero attached hydrogens (tertiary/aromatic N) is 4. The molecule has 1 atom stereocenters. The smallest absolute Gasteiger partial charge is 0.142 e. The van der Waals surface area contributed by atoms with Crippen molar-refractivity contribution in [3.8, 4) is 11.4 Å². The van der Waals surface area contributed by atoms with Gasteiger partial charge in [-0.1, -0.05) is 19.9 Å². The molecule has 0 saturated carbocycles. The molecule has 7 nitrogen and oxygen atoms in total. The Balaban J connectivity index is 0.00000222. The van der Waals surface area contributed by atoms with Crippen LogP contribution in [0, 0.1) is 0 Å². The third-order valence-electron chi connectivity index (χ3n) is 5.98. The van der Waals surface area contributed by atoms with E-state index in [1.807, 2.05) is 27.0 Å². The van der Waals surface area contributed by atoms with Crippen LogP contribution in [0.1, 0.15) is 47.1 Å². The lowest BCUT2D eigenvalue weighted by Gasteiger charge is -2.26. The number of anilines is 1. The van der Waals surface area contributed by atoms with Gasteiger partial charge in [0.1, 0.15) is 11.6 Å². The second-order valence-electron chi connectivity index (χ2n) is 8.60. The molecule has 0 aliphatic heterocycles. The number of imidazole rings is 1. The number of fused-ring (bicyclic) bond motifs is 1. The van der Waals surface area contributed by atoms with E-state index in [1.165, 1.54) is 5.56 Å². The van der Waals surface area contributed by atoms with Gasteiger partial charge in [0.25, 0.3) is 0 Å². The first-order chi connectivity index (χ1) is 17.5. The summed E-state index contributed by atoms with van der Waals surface area (Å²) in [5.41, 5.74) is 4.38. The van der Waals surface area contributed by atoms with Crippen LogP contribution >= 0.6 is 8.15 Å². The molecule has 200 valence electrons. The lowest BCUT2D eigenvalue weighted by Crippen LogP contribution is -2.30. The highest BCUT2D eigenvalue weighted by Gasteiger charge is 2.15. The molecule has 36 heavy (non-hydrogen) atoms. The van der Waals surface area contributed by atoms with E-state index < -0.39 is 0 Å². The molecule has 1 aromatic carbocycles. The zero-order chi connectivity index (χ0) is 26.5. The molecule has 3 aromatic rings. The fraction of sp³-hybridized carbons (Fsp3) is 0.571. The van der Waals surface area contributed by atoms with E-state index in [4.69, 9.17) is 19.2 Å². The quantitative estimate of drug-likeness (QED) is 0.205. The predicted octanol–water partition coefficient (Wildman–Crippen LogP) is 6.16. The number of nitrogens with one attached hydrogen (secondary N) is 1. The molecule has 2 aromatic heterocycles. The Labute approximate surface area is 219 Å². The van der Waals surface area contributed by atoms with Gasteiger partial charge in [0.2, 0.25) is 0 Å². The fourth-order valence-electron chi connectivity index (χ4n) is 4.07. The lowest BCUT2D eigenvalue weighted by atomic mass is 10.2. The first-order valence-corrected chi connectivity index (χ1v) is 15.1. The van der Waals surface area contributed by atoms with E-state index in [2.05, 4.69) is 72.6 Å². The van der Waals surface area contributed by atoms with E-state index in [9.17, 15) is 0 Å². The highest BCUT2D eigenvalue weighted by Crippen LogP contribution is 2.29. The van der Waals surface area contributed by atoms with Crippen LogP contribution in [0.2, 0.25) is 0 Å². The van der Waals surface area contributed by atoms with Gasteiger partial charge in [-0.25, -0.2) is 9.97 Å². The summed E-state index contributed by atoms with van der Waals surface area (Å²) in [5.74, 6) is 1.93. The van der Waals surface area contributed by atoms with Crippen molar-refractivity contribution in [1.29, 1.82) is 0 Å². The SMILES string of the molecule is CC.CCOCCn1c(-c2ccc(N(CC)C(C)C)nc2)nc2cc(CNCCP(C)OC)ccc21. The number of hydrogen-bond acceptors (Lipinski definition) is 6. The molecule has 0 spiro atoms. The third-order valence-corrected chi connectivity index (χ3v) is 7.46. The summed E-state index contributed by atoms with van der Waals surface area (Å²) < 4.78 is 13.3. The van der Waals surface area contributed by atoms with Crippen molar-refractivity contribution in [2.24, 2.45) is 0 Å². The molecule has 3 rings (SSSR count). The molecule has 2 heterocycles. The van der Waals surface area contributed by atoms with E-state index >= 15 is 0 Å². The van der Waals surface area contributed by atoms with Crippen LogP contribution in [0.15, 0.2) is 36.5 Å². The van der Waals surface area contributed by atoms with Crippen LogP contribution in [0.25, 0.3) is 22.4 Å². The lowest BCUT2D eigenvalue weighted by molar-refractivity contribution is 0.140. The Morgan fingerprint density at radius 2 is 1.92 bits per heavy atom. The van der Waals surface area contributed by atoms with Crippen molar-refractivity contribution >= 4 is 25.0 Å². The predicted molar refractivity (Wildman–Crippen MR) is 155 cm³/mol. The Hall–Kier alpha value is -2.05. The van der Waals surface area contributed by atoms with Crippen molar-refractivity contribution < 1.29 is 9.26 Å². The van der Waals surface area contributed by atoms with Crippen molar-refractivity contribution in [3.05, 3.63) is 42.1 Å². The molecule has 0 fully saturated rings. The average molecular weight is 516 g/mol. The minimum atomic E-state index is -0.332. The number of ether oxygens (including phenoxy) is 1. The topological polar surface area (TPSA) is 64.4 Å². The van der Waals surface area contributed by atoms with Gasteiger partial charge in [-0.05, 0) is 64.2 Å². The van der Waals surface area contributed by atoms with Crippen LogP contribution in [0.4, 0.5) is 5.82 Å². The summed E-state index contributed by atoms with van der Waals surface area (Å²) in [7, 11) is 1.45. The maximum Gasteiger partial charge on any atom is 0.142 e. The van der Waals surface area contributed by atoms with Crippen molar-refractivity contribution in [2.75, 3.05) is 51.1 Å². The average Bonchev–Trinajstić information content (AvgIpc) is 3.26. The Morgan fingerprint density at radius 3 is 2.53 bits per heavy atom. The molecule has 0 saturated heterocycles. The van der Waals surface area contributed by atoms with Gasteiger partial charge in [-0.2, -0.15) is 0 Å². The second-order valence-corrected chi connectivity index (χ2v) is 10.7. The summed E-state index contributed by atoms with van der Waals surface area (Å²) in [5, 5.41) is 3.52. The molecule has 1 N–H and O–H groups in total. The van der Waals surface area contributed by atoms with E-state index in [0.717, 1.165) is 60.6 Å². The molecular formula is C28H46N5O2P. The largest absolute Gasteiger partial charge is 0.380 e. The monoisotopic (exact) mass is 515 g/mol. The zero-order valence-corrected chi connectivity index (χ0v) is 24.4. The number of benzene rings is 1. The summed E-state index contributed by atoms with van der Waals surface area (Å²) in [6.07, 6.45) is 3.00. The van der Waals surface area contributed by atoms with E-state index in [-0.39, 0.29) is 8.15 Å². The molecule has 1 unspecified atom stereocenters. The van der Waals surface area contributed by atoms with Gasteiger partial charge < -0.3 is 24.0 Å². The van der Waals surface area contributed by atoms with Crippen LogP contribution in [0.5, 0.6) is 0 Å². The number of pyridine rings is 1. The van der Waals surface area contributed by atoms with Gasteiger partial charge in [0, 0.05) is 72.0 Å². The fourth-order valence-corrected chi connectivity index (χ4v) is 4.73. The molecule has 0 amide bonds. The second kappa shape index (κ2) is 15.9. The molecule has 0 bridgehead atoms. The van der Waals surface area contributed by atoms with Crippen molar-refractivity contribution in [1.82, 2.24) is 19.9 Å². The van der Waals surface area contributed by atoms with Crippen LogP contribution in [-0.2, 0) is 22.4 Å². The third kappa shape index (κ3) is 8.24. The van der Waals surface area contributed by atoms with Crippen molar-refractivity contribution in [3.63, 3.8) is 0 Å². The molecule has 8 heteroatoms. The van der Waals surface area contributed by atoms with Gasteiger partial charge in [-0.3, -0.25) is 0 Å². The van der Waals surface area contributed by atoms with Gasteiger partial charge in [0.05, 0.1) is 17.6 Å². The van der Waals surface area contributed by atoms with Crippen LogP contribution < -0.4 is 10.2 Å². The Kier molecular flexibility index (Phi) is 13.4. The molecule has 0 aliphatic rings. The standard InChI is InChI=1S/C26H40N5O2P.C2H6/c1-7-30(20(3)4)25-12-10-22(19-28-25)26-29-23-17-21(18-27-13-16-34(6)32-5)9-11-24(23)31(26)14-15-33-8-2;1-2/h9-12,17,19-20,27H,7-8,13-16,18H2,1-6H3;1-2H3. The molecule has 0 aliphatic carbocycles. The highest BCUT2D eigenvalue weighted by molar-refractivity contribution is 7.51. The van der Waals surface area contributed by atoms with Crippen LogP contribution in [-0.4, -0.2) is 66.8 Å². The first-order valence-electron chi connectivity index (χ1n) is 13.2. The summed E-state index contributed by atoms with van der Waals surface area (Å²) in [6, 6.07) is 11.2.